The number of methoxy groups -OCH3 is 1. The molecule has 38 heavy (non-hydrogen) atoms. The monoisotopic (exact) mass is 500 g/mol. The lowest BCUT2D eigenvalue weighted by Gasteiger charge is -2.10. The number of carbonyl (C=O) groups is 1. The van der Waals surface area contributed by atoms with E-state index in [9.17, 15) is 9.59 Å². The molecule has 6 aromatic rings. The molecule has 0 aliphatic carbocycles. The van der Waals surface area contributed by atoms with Crippen molar-refractivity contribution in [3.63, 3.8) is 0 Å². The minimum atomic E-state index is -0.362. The number of aryl methyl sites for hydroxylation is 1. The molecule has 0 aliphatic rings. The van der Waals surface area contributed by atoms with E-state index in [1.165, 1.54) is 13.4 Å². The van der Waals surface area contributed by atoms with E-state index in [1.54, 1.807) is 6.07 Å². The molecule has 0 aliphatic heterocycles. The van der Waals surface area contributed by atoms with Crippen molar-refractivity contribution in [3.8, 4) is 28.2 Å². The Balaban J connectivity index is 1.38. The summed E-state index contributed by atoms with van der Waals surface area (Å²) in [5.41, 5.74) is 6.70. The highest BCUT2D eigenvalue weighted by Gasteiger charge is 2.15. The summed E-state index contributed by atoms with van der Waals surface area (Å²) >= 11 is 0. The molecule has 0 amide bonds. The number of aromatic nitrogens is 2. The van der Waals surface area contributed by atoms with Crippen molar-refractivity contribution < 1.29 is 13.9 Å². The first-order chi connectivity index (χ1) is 18.6. The Morgan fingerprint density at radius 3 is 2.37 bits per heavy atom. The highest BCUT2D eigenvalue weighted by atomic mass is 16.5. The fraction of sp³-hybridized carbons (Fsp3) is 0.0938. The van der Waals surface area contributed by atoms with E-state index in [2.05, 4.69) is 39.6 Å². The van der Waals surface area contributed by atoms with E-state index in [1.807, 2.05) is 60.7 Å². The van der Waals surface area contributed by atoms with Crippen molar-refractivity contribution in [3.05, 3.63) is 119 Å². The van der Waals surface area contributed by atoms with Crippen LogP contribution in [0, 0.1) is 0 Å². The van der Waals surface area contributed by atoms with Gasteiger partial charge in [0.15, 0.2) is 5.43 Å². The molecule has 2 heterocycles. The first-order valence-corrected chi connectivity index (χ1v) is 12.4. The zero-order chi connectivity index (χ0) is 26.1. The van der Waals surface area contributed by atoms with Gasteiger partial charge in [-0.3, -0.25) is 14.2 Å². The summed E-state index contributed by atoms with van der Waals surface area (Å²) in [6.07, 6.45) is 1.83. The van der Waals surface area contributed by atoms with Crippen LogP contribution >= 0.6 is 0 Å². The molecule has 4 aromatic carbocycles. The average Bonchev–Trinajstić information content (AvgIpc) is 3.37. The smallest absolute Gasteiger partial charge is 0.305 e. The maximum absolute atomic E-state index is 13.1. The average molecular weight is 501 g/mol. The van der Waals surface area contributed by atoms with Gasteiger partial charge in [-0.15, -0.1) is 0 Å². The van der Waals surface area contributed by atoms with Crippen molar-refractivity contribution >= 4 is 28.0 Å². The third-order valence-corrected chi connectivity index (χ3v) is 6.72. The second-order valence-electron chi connectivity index (χ2n) is 9.05. The third-order valence-electron chi connectivity index (χ3n) is 6.72. The lowest BCUT2D eigenvalue weighted by atomic mass is 10.0. The van der Waals surface area contributed by atoms with Crippen molar-refractivity contribution in [2.45, 2.75) is 12.8 Å². The lowest BCUT2D eigenvalue weighted by molar-refractivity contribution is -0.140. The van der Waals surface area contributed by atoms with Crippen LogP contribution in [0.4, 0.5) is 0 Å². The molecule has 0 spiro atoms. The van der Waals surface area contributed by atoms with E-state index in [0.29, 0.717) is 16.5 Å². The molecule has 6 nitrogen and oxygen atoms in total. The van der Waals surface area contributed by atoms with E-state index < -0.39 is 0 Å². The number of imidazole rings is 1. The van der Waals surface area contributed by atoms with Gasteiger partial charge in [-0.2, -0.15) is 0 Å². The second-order valence-corrected chi connectivity index (χ2v) is 9.05. The molecule has 0 saturated heterocycles. The van der Waals surface area contributed by atoms with Crippen LogP contribution in [0.3, 0.4) is 0 Å². The lowest BCUT2D eigenvalue weighted by Crippen LogP contribution is -2.11. The standard InChI is InChI=1S/C32H24N2O4/c1-37-30(35)18-16-24-20-38-29-17-15-23(19-26(29)31(24)36)21-11-13-22(14-12-21)32-33-27-9-5-6-10-28(27)34(32)25-7-3-2-4-8-25/h2-15,17,19-20H,16,18H2,1H3. The van der Waals surface area contributed by atoms with Crippen LogP contribution in [0.25, 0.3) is 50.2 Å². The maximum Gasteiger partial charge on any atom is 0.305 e. The molecule has 0 N–H and O–H groups in total. The first kappa shape index (κ1) is 23.4. The molecule has 0 unspecified atom stereocenters. The topological polar surface area (TPSA) is 74.3 Å². The molecule has 0 bridgehead atoms. The predicted octanol–water partition coefficient (Wildman–Crippen LogP) is 6.57. The Kier molecular flexibility index (Phi) is 6.06. The summed E-state index contributed by atoms with van der Waals surface area (Å²) in [4.78, 5) is 29.5. The maximum atomic E-state index is 13.1. The van der Waals surface area contributed by atoms with Crippen LogP contribution in [0.15, 0.2) is 113 Å². The number of nitrogens with zero attached hydrogens (tertiary/aromatic N) is 2. The number of hydrogen-bond acceptors (Lipinski definition) is 5. The summed E-state index contributed by atoms with van der Waals surface area (Å²) in [5, 5.41) is 0.486. The van der Waals surface area contributed by atoms with E-state index in [0.717, 1.165) is 39.2 Å². The minimum Gasteiger partial charge on any atom is -0.469 e. The van der Waals surface area contributed by atoms with Gasteiger partial charge < -0.3 is 9.15 Å². The molecule has 2 aromatic heterocycles. The highest BCUT2D eigenvalue weighted by Crippen LogP contribution is 2.31. The van der Waals surface area contributed by atoms with E-state index in [-0.39, 0.29) is 24.2 Å². The summed E-state index contributed by atoms with van der Waals surface area (Å²) in [6.45, 7) is 0. The SMILES string of the molecule is COC(=O)CCc1coc2ccc(-c3ccc(-c4nc5ccccc5n4-c4ccccc4)cc3)cc2c1=O. The Morgan fingerprint density at radius 1 is 0.868 bits per heavy atom. The van der Waals surface area contributed by atoms with Gasteiger partial charge in [0, 0.05) is 23.2 Å². The Labute approximate surface area is 218 Å². The van der Waals surface area contributed by atoms with Crippen LogP contribution < -0.4 is 5.43 Å². The number of ether oxygens (including phenoxy) is 1. The molecule has 6 rings (SSSR count). The quantitative estimate of drug-likeness (QED) is 0.242. The number of benzene rings is 4. The van der Waals surface area contributed by atoms with Gasteiger partial charge in [0.2, 0.25) is 0 Å². The zero-order valence-electron chi connectivity index (χ0n) is 20.8. The fourth-order valence-corrected chi connectivity index (χ4v) is 4.73. The van der Waals surface area contributed by atoms with Crippen molar-refractivity contribution in [1.82, 2.24) is 9.55 Å². The Bertz CT molecular complexity index is 1830. The van der Waals surface area contributed by atoms with Crippen LogP contribution in [0.2, 0.25) is 0 Å². The number of fused-ring (bicyclic) bond motifs is 2. The van der Waals surface area contributed by atoms with Crippen molar-refractivity contribution in [1.29, 1.82) is 0 Å². The van der Waals surface area contributed by atoms with Gasteiger partial charge in [0.05, 0.1) is 29.8 Å². The molecule has 0 fully saturated rings. The van der Waals surface area contributed by atoms with Gasteiger partial charge in [-0.1, -0.05) is 60.7 Å². The highest BCUT2D eigenvalue weighted by molar-refractivity contribution is 5.85. The second kappa shape index (κ2) is 9.82. The molecule has 0 radical (unpaired) electrons. The summed E-state index contributed by atoms with van der Waals surface area (Å²) in [5.74, 6) is 0.498. The van der Waals surface area contributed by atoms with Crippen LogP contribution in [0.1, 0.15) is 12.0 Å². The third kappa shape index (κ3) is 4.26. The number of hydrogen-bond donors (Lipinski definition) is 0. The molecule has 6 heteroatoms. The van der Waals surface area contributed by atoms with Gasteiger partial charge in [-0.05, 0) is 53.9 Å². The molecular formula is C32H24N2O4. The van der Waals surface area contributed by atoms with Gasteiger partial charge in [0.25, 0.3) is 0 Å². The molecular weight excluding hydrogens is 476 g/mol. The Morgan fingerprint density at radius 2 is 1.58 bits per heavy atom. The van der Waals surface area contributed by atoms with Gasteiger partial charge >= 0.3 is 5.97 Å². The number of para-hydroxylation sites is 3. The summed E-state index contributed by atoms with van der Waals surface area (Å²) in [7, 11) is 1.33. The van der Waals surface area contributed by atoms with E-state index in [4.69, 9.17) is 9.40 Å². The van der Waals surface area contributed by atoms with Gasteiger partial charge in [0.1, 0.15) is 11.4 Å². The van der Waals surface area contributed by atoms with Crippen LogP contribution in [-0.2, 0) is 16.0 Å². The Hall–Kier alpha value is -4.97. The number of esters is 1. The van der Waals surface area contributed by atoms with Crippen molar-refractivity contribution in [2.75, 3.05) is 7.11 Å². The molecule has 0 saturated carbocycles. The minimum absolute atomic E-state index is 0.127. The molecule has 186 valence electrons. The van der Waals surface area contributed by atoms with Crippen LogP contribution in [-0.4, -0.2) is 22.6 Å². The van der Waals surface area contributed by atoms with Crippen molar-refractivity contribution in [2.24, 2.45) is 0 Å². The number of rotatable bonds is 6. The first-order valence-electron chi connectivity index (χ1n) is 12.4. The fourth-order valence-electron chi connectivity index (χ4n) is 4.73. The zero-order valence-corrected chi connectivity index (χ0v) is 20.8. The number of carbonyl (C=O) groups excluding carboxylic acids is 1. The van der Waals surface area contributed by atoms with Gasteiger partial charge in [-0.25, -0.2) is 4.98 Å². The predicted molar refractivity (Wildman–Crippen MR) is 148 cm³/mol. The summed E-state index contributed by atoms with van der Waals surface area (Å²) in [6, 6.07) is 32.1. The normalized spacial score (nSPS) is 11.2. The van der Waals surface area contributed by atoms with E-state index >= 15 is 0 Å². The molecule has 0 atom stereocenters. The van der Waals surface area contributed by atoms with Crippen LogP contribution in [0.5, 0.6) is 0 Å². The largest absolute Gasteiger partial charge is 0.469 e. The summed E-state index contributed by atoms with van der Waals surface area (Å²) < 4.78 is 12.5.